The van der Waals surface area contributed by atoms with Crippen LogP contribution in [0.15, 0.2) is 77.7 Å². The van der Waals surface area contributed by atoms with Gasteiger partial charge in [0.2, 0.25) is 0 Å². The molecule has 0 saturated heterocycles. The standard InChI is InChI=1S/C25H25ClN2O4S/c1-3-23(18-7-5-4-6-8-18)28-16-19-15-21(11-14-24(19)32-17(2)25(28)29)27-33(30,31)22-12-9-20(26)10-13-22/h4-15,17,23,27H,3,16H2,1-2H3/t17-,23-/m0/s1. The van der Waals surface area contributed by atoms with Crippen LogP contribution in [0.4, 0.5) is 5.69 Å². The van der Waals surface area contributed by atoms with Crippen molar-refractivity contribution < 1.29 is 17.9 Å². The number of rotatable bonds is 6. The number of nitrogens with zero attached hydrogens (tertiary/aromatic N) is 1. The molecule has 4 rings (SSSR count). The average Bonchev–Trinajstić information content (AvgIpc) is 2.92. The van der Waals surface area contributed by atoms with Gasteiger partial charge < -0.3 is 9.64 Å². The monoisotopic (exact) mass is 484 g/mol. The lowest BCUT2D eigenvalue weighted by Gasteiger charge is -2.31. The number of hydrogen-bond donors (Lipinski definition) is 1. The van der Waals surface area contributed by atoms with Crippen molar-refractivity contribution in [3.05, 3.63) is 88.9 Å². The summed E-state index contributed by atoms with van der Waals surface area (Å²) in [6, 6.07) is 20.8. The van der Waals surface area contributed by atoms with Gasteiger partial charge in [0.05, 0.1) is 17.5 Å². The Kier molecular flexibility index (Phi) is 6.63. The van der Waals surface area contributed by atoms with Crippen molar-refractivity contribution in [1.29, 1.82) is 0 Å². The lowest BCUT2D eigenvalue weighted by atomic mass is 10.0. The highest BCUT2D eigenvalue weighted by molar-refractivity contribution is 7.92. The van der Waals surface area contributed by atoms with Gasteiger partial charge in [-0.25, -0.2) is 8.42 Å². The molecule has 0 bridgehead atoms. The molecule has 1 heterocycles. The van der Waals surface area contributed by atoms with Crippen molar-refractivity contribution in [3.63, 3.8) is 0 Å². The normalized spacial score (nSPS) is 17.0. The van der Waals surface area contributed by atoms with Crippen molar-refractivity contribution in [2.45, 2.75) is 43.9 Å². The highest BCUT2D eigenvalue weighted by atomic mass is 35.5. The molecule has 0 spiro atoms. The summed E-state index contributed by atoms with van der Waals surface area (Å²) in [6.45, 7) is 4.08. The fourth-order valence-electron chi connectivity index (χ4n) is 4.02. The molecule has 1 aliphatic rings. The van der Waals surface area contributed by atoms with Crippen LogP contribution in [0.5, 0.6) is 5.75 Å². The van der Waals surface area contributed by atoms with E-state index >= 15 is 0 Å². The summed E-state index contributed by atoms with van der Waals surface area (Å²) in [4.78, 5) is 15.1. The van der Waals surface area contributed by atoms with E-state index in [1.807, 2.05) is 42.2 Å². The predicted octanol–water partition coefficient (Wildman–Crippen LogP) is 5.40. The molecular formula is C25H25ClN2O4S. The first kappa shape index (κ1) is 23.1. The maximum absolute atomic E-state index is 13.2. The van der Waals surface area contributed by atoms with E-state index in [9.17, 15) is 13.2 Å². The zero-order valence-corrected chi connectivity index (χ0v) is 19.9. The zero-order valence-electron chi connectivity index (χ0n) is 18.4. The minimum Gasteiger partial charge on any atom is -0.481 e. The molecule has 0 fully saturated rings. The first-order valence-corrected chi connectivity index (χ1v) is 12.6. The van der Waals surface area contributed by atoms with Crippen LogP contribution >= 0.6 is 11.6 Å². The number of anilines is 1. The van der Waals surface area contributed by atoms with E-state index in [2.05, 4.69) is 4.72 Å². The summed E-state index contributed by atoms with van der Waals surface area (Å²) >= 11 is 5.87. The molecule has 8 heteroatoms. The third-order valence-corrected chi connectivity index (χ3v) is 7.31. The summed E-state index contributed by atoms with van der Waals surface area (Å²) in [5, 5.41) is 0.457. The van der Waals surface area contributed by atoms with E-state index in [0.29, 0.717) is 23.0 Å². The Balaban J connectivity index is 1.66. The minimum atomic E-state index is -3.79. The van der Waals surface area contributed by atoms with Gasteiger partial charge in [-0.3, -0.25) is 9.52 Å². The third-order valence-electron chi connectivity index (χ3n) is 5.66. The summed E-state index contributed by atoms with van der Waals surface area (Å²) in [7, 11) is -3.79. The highest BCUT2D eigenvalue weighted by Crippen LogP contribution is 2.34. The summed E-state index contributed by atoms with van der Waals surface area (Å²) < 4.78 is 34.2. The topological polar surface area (TPSA) is 75.7 Å². The van der Waals surface area contributed by atoms with Crippen LogP contribution in [0.3, 0.4) is 0 Å². The van der Waals surface area contributed by atoms with Crippen molar-refractivity contribution in [1.82, 2.24) is 4.90 Å². The van der Waals surface area contributed by atoms with Crippen LogP contribution in [0.1, 0.15) is 37.4 Å². The molecule has 3 aromatic rings. The van der Waals surface area contributed by atoms with Gasteiger partial charge in [-0.2, -0.15) is 0 Å². The van der Waals surface area contributed by atoms with E-state index in [-0.39, 0.29) is 16.8 Å². The smallest absolute Gasteiger partial charge is 0.264 e. The van der Waals surface area contributed by atoms with Gasteiger partial charge in [-0.05, 0) is 61.4 Å². The van der Waals surface area contributed by atoms with Crippen LogP contribution in [-0.4, -0.2) is 25.3 Å². The number of hydrogen-bond acceptors (Lipinski definition) is 4. The van der Waals surface area contributed by atoms with E-state index in [0.717, 1.165) is 17.5 Å². The zero-order chi connectivity index (χ0) is 23.6. The Labute approximate surface area is 199 Å². The second-order valence-corrected chi connectivity index (χ2v) is 10.1. The SMILES string of the molecule is CC[C@@H](c1ccccc1)N1Cc2cc(NS(=O)(=O)c3ccc(Cl)cc3)ccc2O[C@@H](C)C1=O. The fraction of sp³-hybridized carbons (Fsp3) is 0.240. The van der Waals surface area contributed by atoms with Crippen LogP contribution in [0, 0.1) is 0 Å². The van der Waals surface area contributed by atoms with Crippen molar-refractivity contribution in [2.24, 2.45) is 0 Å². The number of carbonyl (C=O) groups is 1. The van der Waals surface area contributed by atoms with Crippen molar-refractivity contribution in [3.8, 4) is 5.75 Å². The number of nitrogens with one attached hydrogen (secondary N) is 1. The number of ether oxygens (including phenoxy) is 1. The van der Waals surface area contributed by atoms with Crippen LogP contribution in [0.25, 0.3) is 0 Å². The van der Waals surface area contributed by atoms with E-state index in [4.69, 9.17) is 16.3 Å². The molecule has 1 aliphatic heterocycles. The maximum Gasteiger partial charge on any atom is 0.264 e. The maximum atomic E-state index is 13.2. The Morgan fingerprint density at radius 3 is 2.45 bits per heavy atom. The predicted molar refractivity (Wildman–Crippen MR) is 129 cm³/mol. The molecule has 1 N–H and O–H groups in total. The molecule has 0 saturated carbocycles. The summed E-state index contributed by atoms with van der Waals surface area (Å²) in [5.41, 5.74) is 2.17. The number of fused-ring (bicyclic) bond motifs is 1. The molecule has 172 valence electrons. The van der Waals surface area contributed by atoms with Gasteiger partial charge in [-0.15, -0.1) is 0 Å². The summed E-state index contributed by atoms with van der Waals surface area (Å²) in [6.07, 6.45) is 0.0846. The number of benzene rings is 3. The molecule has 0 radical (unpaired) electrons. The second kappa shape index (κ2) is 9.45. The van der Waals surface area contributed by atoms with Gasteiger partial charge in [0, 0.05) is 16.3 Å². The van der Waals surface area contributed by atoms with E-state index < -0.39 is 16.1 Å². The third kappa shape index (κ3) is 4.99. The molecular weight excluding hydrogens is 460 g/mol. The fourth-order valence-corrected chi connectivity index (χ4v) is 5.20. The molecule has 0 aromatic heterocycles. The van der Waals surface area contributed by atoms with Gasteiger partial charge in [-0.1, -0.05) is 48.9 Å². The lowest BCUT2D eigenvalue weighted by molar-refractivity contribution is -0.140. The Hall–Kier alpha value is -3.03. The Bertz CT molecular complexity index is 1250. The average molecular weight is 485 g/mol. The van der Waals surface area contributed by atoms with Gasteiger partial charge in [0.25, 0.3) is 15.9 Å². The molecule has 0 aliphatic carbocycles. The van der Waals surface area contributed by atoms with E-state index in [1.54, 1.807) is 25.1 Å². The minimum absolute atomic E-state index is 0.106. The molecule has 1 amide bonds. The van der Waals surface area contributed by atoms with E-state index in [1.165, 1.54) is 24.3 Å². The lowest BCUT2D eigenvalue weighted by Crippen LogP contribution is -2.40. The number of amides is 1. The van der Waals surface area contributed by atoms with Crippen molar-refractivity contribution in [2.75, 3.05) is 4.72 Å². The summed E-state index contributed by atoms with van der Waals surface area (Å²) in [5.74, 6) is 0.459. The largest absolute Gasteiger partial charge is 0.481 e. The first-order valence-electron chi connectivity index (χ1n) is 10.7. The number of sulfonamides is 1. The van der Waals surface area contributed by atoms with Crippen molar-refractivity contribution >= 4 is 33.2 Å². The molecule has 2 atom stereocenters. The highest BCUT2D eigenvalue weighted by Gasteiger charge is 2.33. The molecule has 33 heavy (non-hydrogen) atoms. The van der Waals surface area contributed by atoms with Crippen LogP contribution in [0.2, 0.25) is 5.02 Å². The number of carbonyl (C=O) groups excluding carboxylic acids is 1. The molecule has 6 nitrogen and oxygen atoms in total. The number of halogens is 1. The van der Waals surface area contributed by atoms with Gasteiger partial charge in [0.15, 0.2) is 6.10 Å². The second-order valence-electron chi connectivity index (χ2n) is 7.94. The molecule has 3 aromatic carbocycles. The van der Waals surface area contributed by atoms with Crippen LogP contribution in [-0.2, 0) is 21.4 Å². The first-order chi connectivity index (χ1) is 15.8. The van der Waals surface area contributed by atoms with Crippen LogP contribution < -0.4 is 9.46 Å². The van der Waals surface area contributed by atoms with Gasteiger partial charge in [0.1, 0.15) is 5.75 Å². The quantitative estimate of drug-likeness (QED) is 0.508. The van der Waals surface area contributed by atoms with Gasteiger partial charge >= 0.3 is 0 Å². The Morgan fingerprint density at radius 1 is 1.09 bits per heavy atom. The molecule has 0 unspecified atom stereocenters. The Morgan fingerprint density at radius 2 is 1.79 bits per heavy atom.